The van der Waals surface area contributed by atoms with Gasteiger partial charge in [-0.3, -0.25) is 4.79 Å². The number of rotatable bonds is 5. The van der Waals surface area contributed by atoms with Crippen molar-refractivity contribution in [1.82, 2.24) is 5.32 Å². The predicted octanol–water partition coefficient (Wildman–Crippen LogP) is 1.86. The summed E-state index contributed by atoms with van der Waals surface area (Å²) in [7, 11) is 0. The Morgan fingerprint density at radius 3 is 2.61 bits per heavy atom. The number of nitrogens with two attached hydrogens (primary N) is 1. The Morgan fingerprint density at radius 1 is 1.44 bits per heavy atom. The van der Waals surface area contributed by atoms with Crippen molar-refractivity contribution in [1.29, 1.82) is 0 Å². The molecule has 98 valence electrons. The summed E-state index contributed by atoms with van der Waals surface area (Å²) in [5.41, 5.74) is 7.41. The second-order valence-corrected chi connectivity index (χ2v) is 5.88. The van der Waals surface area contributed by atoms with Crippen LogP contribution in [0.2, 0.25) is 0 Å². The topological polar surface area (TPSA) is 55.1 Å². The molecule has 0 heterocycles. The Kier molecular flexibility index (Phi) is 3.71. The van der Waals surface area contributed by atoms with Gasteiger partial charge in [0.05, 0.1) is 6.04 Å². The first-order valence-electron chi connectivity index (χ1n) is 6.59. The van der Waals surface area contributed by atoms with Crippen molar-refractivity contribution in [2.75, 3.05) is 0 Å². The smallest absolute Gasteiger partial charge is 0.237 e. The van der Waals surface area contributed by atoms with Gasteiger partial charge in [-0.1, -0.05) is 44.2 Å². The highest BCUT2D eigenvalue weighted by Crippen LogP contribution is 2.44. The van der Waals surface area contributed by atoms with Crippen molar-refractivity contribution in [3.8, 4) is 0 Å². The van der Waals surface area contributed by atoms with Crippen LogP contribution in [0.3, 0.4) is 0 Å². The first kappa shape index (κ1) is 13.1. The van der Waals surface area contributed by atoms with Crippen LogP contribution < -0.4 is 11.1 Å². The highest BCUT2D eigenvalue weighted by molar-refractivity contribution is 5.82. The zero-order valence-electron chi connectivity index (χ0n) is 11.1. The van der Waals surface area contributed by atoms with Crippen molar-refractivity contribution in [2.24, 2.45) is 11.1 Å². The van der Waals surface area contributed by atoms with Crippen LogP contribution in [0, 0.1) is 5.41 Å². The van der Waals surface area contributed by atoms with Crippen LogP contribution >= 0.6 is 0 Å². The molecule has 1 unspecified atom stereocenters. The van der Waals surface area contributed by atoms with E-state index in [1.165, 1.54) is 5.56 Å². The van der Waals surface area contributed by atoms with Crippen LogP contribution in [0.25, 0.3) is 0 Å². The molecule has 1 aliphatic carbocycles. The van der Waals surface area contributed by atoms with E-state index >= 15 is 0 Å². The Morgan fingerprint density at radius 2 is 2.06 bits per heavy atom. The van der Waals surface area contributed by atoms with Gasteiger partial charge in [0.15, 0.2) is 0 Å². The molecule has 3 nitrogen and oxygen atoms in total. The van der Waals surface area contributed by atoms with Gasteiger partial charge in [-0.25, -0.2) is 0 Å². The molecule has 0 saturated heterocycles. The summed E-state index contributed by atoms with van der Waals surface area (Å²) in [5.74, 6) is -0.0125. The molecule has 2 rings (SSSR count). The molecule has 1 amide bonds. The van der Waals surface area contributed by atoms with Crippen LogP contribution in [0.5, 0.6) is 0 Å². The van der Waals surface area contributed by atoms with Gasteiger partial charge in [-0.2, -0.15) is 0 Å². The van der Waals surface area contributed by atoms with Gasteiger partial charge in [-0.15, -0.1) is 0 Å². The number of benzene rings is 1. The standard InChI is InChI=1S/C15H22N2O/c1-15(2)10-13(15)17-14(18)12(16)9-8-11-6-4-3-5-7-11/h3-7,12-13H,8-10,16H2,1-2H3,(H,17,18)/t12-,13?/m0/s1. The van der Waals surface area contributed by atoms with E-state index in [0.717, 1.165) is 12.8 Å². The maximum absolute atomic E-state index is 11.9. The average molecular weight is 246 g/mol. The Bertz CT molecular complexity index is 414. The largest absolute Gasteiger partial charge is 0.351 e. The zero-order valence-corrected chi connectivity index (χ0v) is 11.1. The van der Waals surface area contributed by atoms with Crippen LogP contribution in [0.4, 0.5) is 0 Å². The number of aryl methyl sites for hydroxylation is 1. The van der Waals surface area contributed by atoms with E-state index in [1.807, 2.05) is 18.2 Å². The van der Waals surface area contributed by atoms with Crippen molar-refractivity contribution in [3.05, 3.63) is 35.9 Å². The van der Waals surface area contributed by atoms with Crippen LogP contribution in [-0.4, -0.2) is 18.0 Å². The lowest BCUT2D eigenvalue weighted by Gasteiger charge is -2.13. The summed E-state index contributed by atoms with van der Waals surface area (Å²) in [6.45, 7) is 4.32. The van der Waals surface area contributed by atoms with E-state index in [0.29, 0.717) is 12.5 Å². The zero-order chi connectivity index (χ0) is 13.2. The summed E-state index contributed by atoms with van der Waals surface area (Å²) < 4.78 is 0. The number of hydrogen-bond acceptors (Lipinski definition) is 2. The Hall–Kier alpha value is -1.35. The number of hydrogen-bond donors (Lipinski definition) is 2. The number of carbonyl (C=O) groups is 1. The second kappa shape index (κ2) is 5.11. The highest BCUT2D eigenvalue weighted by atomic mass is 16.2. The minimum Gasteiger partial charge on any atom is -0.351 e. The van der Waals surface area contributed by atoms with E-state index in [-0.39, 0.29) is 11.3 Å². The molecule has 0 bridgehead atoms. The molecule has 0 radical (unpaired) electrons. The fourth-order valence-electron chi connectivity index (χ4n) is 2.09. The molecule has 1 aromatic carbocycles. The van der Waals surface area contributed by atoms with Gasteiger partial charge < -0.3 is 11.1 Å². The molecule has 0 aromatic heterocycles. The first-order valence-corrected chi connectivity index (χ1v) is 6.59. The molecule has 0 aliphatic heterocycles. The average Bonchev–Trinajstić information content (AvgIpc) is 2.94. The predicted molar refractivity (Wildman–Crippen MR) is 73.1 cm³/mol. The lowest BCUT2D eigenvalue weighted by molar-refractivity contribution is -0.122. The molecule has 1 fully saturated rings. The number of carbonyl (C=O) groups excluding carboxylic acids is 1. The molecule has 2 atom stereocenters. The fraction of sp³-hybridized carbons (Fsp3) is 0.533. The van der Waals surface area contributed by atoms with E-state index in [2.05, 4.69) is 31.3 Å². The van der Waals surface area contributed by atoms with E-state index in [4.69, 9.17) is 5.73 Å². The molecule has 1 aromatic rings. The van der Waals surface area contributed by atoms with E-state index in [9.17, 15) is 4.79 Å². The van der Waals surface area contributed by atoms with Crippen LogP contribution in [0.15, 0.2) is 30.3 Å². The van der Waals surface area contributed by atoms with Crippen molar-refractivity contribution >= 4 is 5.91 Å². The van der Waals surface area contributed by atoms with Crippen LogP contribution in [-0.2, 0) is 11.2 Å². The third-order valence-corrected chi connectivity index (χ3v) is 3.75. The minimum absolute atomic E-state index is 0.0125. The SMILES string of the molecule is CC1(C)CC1NC(=O)[C@@H](N)CCc1ccccc1. The maximum atomic E-state index is 11.9. The van der Waals surface area contributed by atoms with Crippen molar-refractivity contribution < 1.29 is 4.79 Å². The normalized spacial score (nSPS) is 22.3. The number of amides is 1. The van der Waals surface area contributed by atoms with Gasteiger partial charge in [0.2, 0.25) is 5.91 Å². The quantitative estimate of drug-likeness (QED) is 0.833. The molecule has 1 saturated carbocycles. The Balaban J connectivity index is 1.74. The molecule has 3 heteroatoms. The summed E-state index contributed by atoms with van der Waals surface area (Å²) in [6.07, 6.45) is 2.61. The maximum Gasteiger partial charge on any atom is 0.237 e. The second-order valence-electron chi connectivity index (χ2n) is 5.88. The van der Waals surface area contributed by atoms with Gasteiger partial charge in [0, 0.05) is 6.04 Å². The third-order valence-electron chi connectivity index (χ3n) is 3.75. The first-order chi connectivity index (χ1) is 8.49. The van der Waals surface area contributed by atoms with Gasteiger partial charge in [0.25, 0.3) is 0 Å². The van der Waals surface area contributed by atoms with E-state index in [1.54, 1.807) is 0 Å². The summed E-state index contributed by atoms with van der Waals surface area (Å²) >= 11 is 0. The molecule has 0 spiro atoms. The molecule has 3 N–H and O–H groups in total. The minimum atomic E-state index is -0.401. The van der Waals surface area contributed by atoms with Crippen molar-refractivity contribution in [2.45, 2.75) is 45.2 Å². The third kappa shape index (κ3) is 3.33. The van der Waals surface area contributed by atoms with Crippen molar-refractivity contribution in [3.63, 3.8) is 0 Å². The van der Waals surface area contributed by atoms with Gasteiger partial charge >= 0.3 is 0 Å². The molecule has 18 heavy (non-hydrogen) atoms. The number of nitrogens with one attached hydrogen (secondary N) is 1. The van der Waals surface area contributed by atoms with Gasteiger partial charge in [-0.05, 0) is 30.2 Å². The molecular formula is C15H22N2O. The Labute approximate surface area is 109 Å². The highest BCUT2D eigenvalue weighted by Gasteiger charge is 2.46. The summed E-state index contributed by atoms with van der Waals surface area (Å²) in [5, 5.41) is 3.02. The molecule has 1 aliphatic rings. The fourth-order valence-corrected chi connectivity index (χ4v) is 2.09. The lowest BCUT2D eigenvalue weighted by atomic mass is 10.1. The monoisotopic (exact) mass is 246 g/mol. The van der Waals surface area contributed by atoms with Crippen LogP contribution in [0.1, 0.15) is 32.3 Å². The lowest BCUT2D eigenvalue weighted by Crippen LogP contribution is -2.42. The van der Waals surface area contributed by atoms with E-state index < -0.39 is 6.04 Å². The molecular weight excluding hydrogens is 224 g/mol. The van der Waals surface area contributed by atoms with Gasteiger partial charge in [0.1, 0.15) is 0 Å². The summed E-state index contributed by atoms with van der Waals surface area (Å²) in [6, 6.07) is 10.0. The summed E-state index contributed by atoms with van der Waals surface area (Å²) in [4.78, 5) is 11.9.